The first kappa shape index (κ1) is 30.6. The van der Waals surface area contributed by atoms with Crippen molar-refractivity contribution in [2.45, 2.75) is 0 Å². The molecular formula is C52H29N3O2. The van der Waals surface area contributed by atoms with Gasteiger partial charge in [-0.1, -0.05) is 115 Å². The van der Waals surface area contributed by atoms with Gasteiger partial charge < -0.3 is 13.4 Å². The van der Waals surface area contributed by atoms with Crippen LogP contribution in [0.25, 0.3) is 127 Å². The van der Waals surface area contributed by atoms with Gasteiger partial charge in [-0.05, 0) is 93.3 Å². The van der Waals surface area contributed by atoms with Crippen LogP contribution in [0.4, 0.5) is 0 Å². The fraction of sp³-hybridized carbons (Fsp3) is 0. The highest BCUT2D eigenvalue weighted by Crippen LogP contribution is 2.45. The highest BCUT2D eigenvalue weighted by molar-refractivity contribution is 6.33. The summed E-state index contributed by atoms with van der Waals surface area (Å²) in [5.41, 5.74) is 12.5. The standard InChI is InChI=1S/C52H29N3O2/c1-2-9-30(10-3-1)33-13-6-14-36(27-33)49-51-50(39-15-4-5-16-42(39)57-51)54-52(53-49)37-20-19-35-29-38(24-21-34(35)28-37)55-40-25-22-31-11-7-17-43-45(31)47(40)48-41(55)26-23-32-12-8-18-44(56-43)46(32)48/h1-29H. The molecule has 4 heterocycles. The molecule has 4 aromatic heterocycles. The molecule has 0 bridgehead atoms. The summed E-state index contributed by atoms with van der Waals surface area (Å²) in [6.45, 7) is 0. The summed E-state index contributed by atoms with van der Waals surface area (Å²) in [4.78, 5) is 10.4. The van der Waals surface area contributed by atoms with Gasteiger partial charge in [-0.15, -0.1) is 0 Å². The first-order valence-electron chi connectivity index (χ1n) is 19.2. The average molecular weight is 728 g/mol. The molecule has 0 unspecified atom stereocenters. The fourth-order valence-electron chi connectivity index (χ4n) is 9.15. The third-order valence-electron chi connectivity index (χ3n) is 11.7. The van der Waals surface area contributed by atoms with Crippen molar-refractivity contribution in [2.24, 2.45) is 0 Å². The van der Waals surface area contributed by atoms with Crippen LogP contribution in [0.2, 0.25) is 0 Å². The molecule has 0 radical (unpaired) electrons. The van der Waals surface area contributed by atoms with Gasteiger partial charge in [0.15, 0.2) is 11.4 Å². The van der Waals surface area contributed by atoms with E-state index in [4.69, 9.17) is 18.8 Å². The van der Waals surface area contributed by atoms with E-state index in [1.165, 1.54) is 21.5 Å². The Bertz CT molecular complexity index is 3660. The third kappa shape index (κ3) is 4.39. The summed E-state index contributed by atoms with van der Waals surface area (Å²) in [5.74, 6) is 0.657. The molecule has 0 fully saturated rings. The molecule has 0 N–H and O–H groups in total. The molecule has 264 valence electrons. The van der Waals surface area contributed by atoms with Gasteiger partial charge in [0.05, 0.1) is 11.0 Å². The Kier molecular flexibility index (Phi) is 6.10. The van der Waals surface area contributed by atoms with Gasteiger partial charge in [-0.25, -0.2) is 9.97 Å². The minimum Gasteiger partial charge on any atom is -0.456 e. The van der Waals surface area contributed by atoms with Crippen molar-refractivity contribution < 1.29 is 8.83 Å². The Morgan fingerprint density at radius 2 is 1.02 bits per heavy atom. The van der Waals surface area contributed by atoms with E-state index in [0.29, 0.717) is 11.4 Å². The largest absolute Gasteiger partial charge is 0.456 e. The number of fused-ring (bicyclic) bond motifs is 4. The van der Waals surface area contributed by atoms with E-state index < -0.39 is 0 Å². The van der Waals surface area contributed by atoms with Crippen LogP contribution in [-0.4, -0.2) is 14.5 Å². The topological polar surface area (TPSA) is 57.0 Å². The summed E-state index contributed by atoms with van der Waals surface area (Å²) in [7, 11) is 0. The lowest BCUT2D eigenvalue weighted by atomic mass is 10.00. The van der Waals surface area contributed by atoms with Crippen LogP contribution in [0, 0.1) is 0 Å². The monoisotopic (exact) mass is 727 g/mol. The van der Waals surface area contributed by atoms with E-state index in [1.807, 2.05) is 24.3 Å². The van der Waals surface area contributed by atoms with Gasteiger partial charge in [0.25, 0.3) is 0 Å². The van der Waals surface area contributed by atoms with Crippen molar-refractivity contribution in [3.8, 4) is 39.5 Å². The summed E-state index contributed by atoms with van der Waals surface area (Å²) < 4.78 is 15.5. The first-order valence-corrected chi connectivity index (χ1v) is 19.2. The van der Waals surface area contributed by atoms with Crippen molar-refractivity contribution >= 4 is 87.4 Å². The van der Waals surface area contributed by atoms with Gasteiger partial charge in [0.2, 0.25) is 0 Å². The molecule has 0 amide bonds. The molecule has 0 aliphatic carbocycles. The Labute approximate surface area is 325 Å². The maximum Gasteiger partial charge on any atom is 0.180 e. The minimum atomic E-state index is 0.657. The molecule has 13 aromatic rings. The molecule has 13 rings (SSSR count). The molecule has 5 nitrogen and oxygen atoms in total. The highest BCUT2D eigenvalue weighted by atomic mass is 16.3. The third-order valence-corrected chi connectivity index (χ3v) is 11.7. The Morgan fingerprint density at radius 1 is 0.386 bits per heavy atom. The molecule has 0 saturated carbocycles. The molecule has 0 aliphatic rings. The summed E-state index contributed by atoms with van der Waals surface area (Å²) in [5, 5.41) is 10.3. The number of aromatic nitrogens is 3. The van der Waals surface area contributed by atoms with E-state index in [0.717, 1.165) is 93.9 Å². The Balaban J connectivity index is 0.994. The van der Waals surface area contributed by atoms with Crippen LogP contribution in [0.1, 0.15) is 0 Å². The average Bonchev–Trinajstić information content (AvgIpc) is 3.77. The maximum atomic E-state index is 6.64. The minimum absolute atomic E-state index is 0.657. The van der Waals surface area contributed by atoms with Gasteiger partial charge in [-0.2, -0.15) is 0 Å². The zero-order valence-electron chi connectivity index (χ0n) is 30.4. The van der Waals surface area contributed by atoms with Gasteiger partial charge in [0.1, 0.15) is 28.0 Å². The van der Waals surface area contributed by atoms with Crippen LogP contribution in [0.15, 0.2) is 185 Å². The lowest BCUT2D eigenvalue weighted by molar-refractivity contribution is 0.664. The second-order valence-corrected chi connectivity index (χ2v) is 14.9. The zero-order valence-corrected chi connectivity index (χ0v) is 30.4. The van der Waals surface area contributed by atoms with Crippen molar-refractivity contribution in [1.82, 2.24) is 14.5 Å². The van der Waals surface area contributed by atoms with Gasteiger partial charge in [-0.3, -0.25) is 0 Å². The predicted molar refractivity (Wildman–Crippen MR) is 233 cm³/mol. The number of furan rings is 1. The van der Waals surface area contributed by atoms with Crippen molar-refractivity contribution in [3.63, 3.8) is 0 Å². The number of para-hydroxylation sites is 1. The fourth-order valence-corrected chi connectivity index (χ4v) is 9.15. The maximum absolute atomic E-state index is 6.64. The number of benzene rings is 9. The zero-order chi connectivity index (χ0) is 37.2. The number of nitrogens with zero attached hydrogens (tertiary/aromatic N) is 3. The van der Waals surface area contributed by atoms with E-state index in [1.54, 1.807) is 0 Å². The lowest BCUT2D eigenvalue weighted by Gasteiger charge is -2.12. The van der Waals surface area contributed by atoms with Crippen LogP contribution in [-0.2, 0) is 0 Å². The van der Waals surface area contributed by atoms with E-state index in [-0.39, 0.29) is 0 Å². The normalized spacial score (nSPS) is 12.2. The second kappa shape index (κ2) is 11.4. The van der Waals surface area contributed by atoms with E-state index >= 15 is 0 Å². The molecule has 0 aliphatic heterocycles. The number of rotatable bonds is 4. The summed E-state index contributed by atoms with van der Waals surface area (Å²) in [6.07, 6.45) is 0. The Morgan fingerprint density at radius 3 is 1.81 bits per heavy atom. The van der Waals surface area contributed by atoms with Gasteiger partial charge in [0, 0.05) is 43.7 Å². The van der Waals surface area contributed by atoms with E-state index in [2.05, 4.69) is 156 Å². The molecule has 9 aromatic carbocycles. The van der Waals surface area contributed by atoms with Crippen LogP contribution < -0.4 is 0 Å². The van der Waals surface area contributed by atoms with Crippen molar-refractivity contribution in [3.05, 3.63) is 176 Å². The lowest BCUT2D eigenvalue weighted by Crippen LogP contribution is -1.95. The molecule has 57 heavy (non-hydrogen) atoms. The second-order valence-electron chi connectivity index (χ2n) is 14.9. The van der Waals surface area contributed by atoms with E-state index in [9.17, 15) is 0 Å². The number of hydrogen-bond acceptors (Lipinski definition) is 4. The molecule has 0 atom stereocenters. The van der Waals surface area contributed by atoms with Gasteiger partial charge >= 0.3 is 0 Å². The van der Waals surface area contributed by atoms with Crippen LogP contribution >= 0.6 is 0 Å². The van der Waals surface area contributed by atoms with Crippen LogP contribution in [0.5, 0.6) is 0 Å². The summed E-state index contributed by atoms with van der Waals surface area (Å²) >= 11 is 0. The summed E-state index contributed by atoms with van der Waals surface area (Å²) in [6, 6.07) is 61.9. The van der Waals surface area contributed by atoms with Crippen molar-refractivity contribution in [1.29, 1.82) is 0 Å². The molecular weight excluding hydrogens is 699 g/mol. The SMILES string of the molecule is c1ccc(-c2cccc(-c3nc(-c4ccc5cc(-n6c7ccc8cccc9oc%10cccc%11ccc6c(c%11%10)c7c89)ccc5c4)nc4c3oc3ccccc34)c2)cc1. The highest BCUT2D eigenvalue weighted by Gasteiger charge is 2.22. The molecule has 0 saturated heterocycles. The van der Waals surface area contributed by atoms with Crippen LogP contribution in [0.3, 0.4) is 0 Å². The molecule has 5 heteroatoms. The molecule has 0 spiro atoms. The van der Waals surface area contributed by atoms with Crippen molar-refractivity contribution in [2.75, 3.05) is 0 Å². The number of hydrogen-bond donors (Lipinski definition) is 0. The predicted octanol–water partition coefficient (Wildman–Crippen LogP) is 14.1. The quantitative estimate of drug-likeness (QED) is 0.181. The Hall–Kier alpha value is -7.76. The smallest absolute Gasteiger partial charge is 0.180 e. The first-order chi connectivity index (χ1) is 28.2.